The second-order valence-electron chi connectivity index (χ2n) is 6.72. The van der Waals surface area contributed by atoms with Crippen molar-refractivity contribution in [3.05, 3.63) is 29.6 Å². The second-order valence-corrected chi connectivity index (χ2v) is 10.2. The third-order valence-corrected chi connectivity index (χ3v) is 8.04. The third kappa shape index (κ3) is 4.82. The number of morpholine rings is 1. The number of nitrogens with zero attached hydrogens (tertiary/aromatic N) is 1. The van der Waals surface area contributed by atoms with E-state index in [1.165, 1.54) is 10.4 Å². The van der Waals surface area contributed by atoms with E-state index in [0.29, 0.717) is 18.5 Å². The molecule has 0 bridgehead atoms. The van der Waals surface area contributed by atoms with Gasteiger partial charge in [-0.15, -0.1) is 0 Å². The van der Waals surface area contributed by atoms with Crippen molar-refractivity contribution in [2.75, 3.05) is 32.1 Å². The maximum Gasteiger partial charge on any atom is 0.254 e. The van der Waals surface area contributed by atoms with Crippen LogP contribution in [0, 0.1) is 5.82 Å². The molecule has 0 spiro atoms. The number of sulfonamides is 1. The summed E-state index contributed by atoms with van der Waals surface area (Å²) >= 11 is 1.87. The Morgan fingerprint density at radius 3 is 2.78 bits per heavy atom. The Bertz CT molecular complexity index is 782. The number of rotatable bonds is 6. The molecule has 0 radical (unpaired) electrons. The highest BCUT2D eigenvalue weighted by Crippen LogP contribution is 2.30. The number of thioether (sulfide) groups is 1. The molecule has 1 aromatic rings. The normalized spacial score (nSPS) is 24.1. The zero-order chi connectivity index (χ0) is 19.4. The molecule has 1 saturated carbocycles. The maximum absolute atomic E-state index is 14.2. The van der Waals surface area contributed by atoms with Crippen molar-refractivity contribution in [1.29, 1.82) is 0 Å². The molecule has 2 aliphatic rings. The van der Waals surface area contributed by atoms with Crippen LogP contribution in [-0.2, 0) is 14.8 Å². The summed E-state index contributed by atoms with van der Waals surface area (Å²) in [5.74, 6) is -0.244. The minimum Gasteiger partial charge on any atom is -0.379 e. The van der Waals surface area contributed by atoms with E-state index in [1.807, 2.05) is 11.8 Å². The van der Waals surface area contributed by atoms with E-state index in [9.17, 15) is 17.6 Å². The zero-order valence-corrected chi connectivity index (χ0v) is 17.0. The summed E-state index contributed by atoms with van der Waals surface area (Å²) in [6.07, 6.45) is 2.74. The summed E-state index contributed by atoms with van der Waals surface area (Å²) in [5.41, 5.74) is -0.226. The van der Waals surface area contributed by atoms with E-state index in [4.69, 9.17) is 4.74 Å². The largest absolute Gasteiger partial charge is 0.379 e. The molecule has 3 rings (SSSR count). The molecule has 1 aliphatic carbocycles. The lowest BCUT2D eigenvalue weighted by atomic mass is 10.1. The Kier molecular flexibility index (Phi) is 6.78. The van der Waals surface area contributed by atoms with Gasteiger partial charge in [-0.05, 0) is 43.2 Å². The first-order chi connectivity index (χ1) is 12.9. The van der Waals surface area contributed by atoms with Crippen LogP contribution in [0.2, 0.25) is 0 Å². The lowest BCUT2D eigenvalue weighted by Gasteiger charge is -2.26. The number of ether oxygens (including phenoxy) is 1. The van der Waals surface area contributed by atoms with Crippen molar-refractivity contribution in [2.45, 2.75) is 42.4 Å². The molecule has 1 aromatic carbocycles. The van der Waals surface area contributed by atoms with Crippen molar-refractivity contribution in [3.63, 3.8) is 0 Å². The fraction of sp³-hybridized carbons (Fsp3) is 0.611. The van der Waals surface area contributed by atoms with Crippen LogP contribution in [0.25, 0.3) is 0 Å². The van der Waals surface area contributed by atoms with E-state index in [2.05, 4.69) is 12.2 Å². The van der Waals surface area contributed by atoms with Crippen LogP contribution in [0.4, 0.5) is 4.39 Å². The van der Waals surface area contributed by atoms with E-state index >= 15 is 0 Å². The topological polar surface area (TPSA) is 75.7 Å². The number of hydrogen-bond acceptors (Lipinski definition) is 5. The summed E-state index contributed by atoms with van der Waals surface area (Å²) in [6, 6.07) is 3.40. The van der Waals surface area contributed by atoms with Crippen LogP contribution < -0.4 is 5.32 Å². The van der Waals surface area contributed by atoms with Crippen LogP contribution in [-0.4, -0.2) is 62.0 Å². The molecule has 1 aliphatic heterocycles. The van der Waals surface area contributed by atoms with Crippen LogP contribution in [0.1, 0.15) is 36.5 Å². The highest BCUT2D eigenvalue weighted by molar-refractivity contribution is 7.99. The second kappa shape index (κ2) is 8.89. The lowest BCUT2D eigenvalue weighted by molar-refractivity contribution is 0.0730. The molecule has 1 amide bonds. The van der Waals surface area contributed by atoms with Gasteiger partial charge in [-0.3, -0.25) is 4.79 Å². The molecule has 9 heteroatoms. The van der Waals surface area contributed by atoms with Gasteiger partial charge >= 0.3 is 0 Å². The molecular weight excluding hydrogens is 391 g/mol. The number of carbonyl (C=O) groups excluding carboxylic acids is 1. The number of halogens is 1. The Hall–Kier alpha value is -1.16. The van der Waals surface area contributed by atoms with Gasteiger partial charge in [-0.1, -0.05) is 6.92 Å². The van der Waals surface area contributed by atoms with Crippen LogP contribution in [0.3, 0.4) is 0 Å². The lowest BCUT2D eigenvalue weighted by Crippen LogP contribution is -2.40. The molecule has 1 saturated heterocycles. The number of carbonyl (C=O) groups is 1. The monoisotopic (exact) mass is 416 g/mol. The quantitative estimate of drug-likeness (QED) is 0.770. The summed E-state index contributed by atoms with van der Waals surface area (Å²) < 4.78 is 46.2. The predicted molar refractivity (Wildman–Crippen MR) is 103 cm³/mol. The van der Waals surface area contributed by atoms with Gasteiger partial charge in [0.2, 0.25) is 10.0 Å². The SMILES string of the molecule is CCS[C@H]1CC[C@@H](NC(=O)c2cc(S(=O)(=O)N3CCOCC3)ccc2F)C1. The zero-order valence-electron chi connectivity index (χ0n) is 15.3. The summed E-state index contributed by atoms with van der Waals surface area (Å²) in [5, 5.41) is 3.37. The Morgan fingerprint density at radius 1 is 1.33 bits per heavy atom. The van der Waals surface area contributed by atoms with Gasteiger partial charge in [0.1, 0.15) is 5.82 Å². The number of benzene rings is 1. The molecule has 0 unspecified atom stereocenters. The van der Waals surface area contributed by atoms with Crippen molar-refractivity contribution in [2.24, 2.45) is 0 Å². The van der Waals surface area contributed by atoms with Gasteiger partial charge in [-0.25, -0.2) is 12.8 Å². The first-order valence-electron chi connectivity index (χ1n) is 9.21. The van der Waals surface area contributed by atoms with Crippen LogP contribution in [0.15, 0.2) is 23.1 Å². The predicted octanol–water partition coefficient (Wildman–Crippen LogP) is 2.25. The Morgan fingerprint density at radius 2 is 2.07 bits per heavy atom. The number of hydrogen-bond donors (Lipinski definition) is 1. The van der Waals surface area contributed by atoms with Crippen LogP contribution in [0.5, 0.6) is 0 Å². The van der Waals surface area contributed by atoms with Gasteiger partial charge in [0, 0.05) is 24.4 Å². The minimum absolute atomic E-state index is 0.000423. The summed E-state index contributed by atoms with van der Waals surface area (Å²) in [6.45, 7) is 3.25. The molecule has 0 aromatic heterocycles. The van der Waals surface area contributed by atoms with Crippen molar-refractivity contribution in [1.82, 2.24) is 9.62 Å². The highest BCUT2D eigenvalue weighted by Gasteiger charge is 2.30. The minimum atomic E-state index is -3.77. The fourth-order valence-corrected chi connectivity index (χ4v) is 6.07. The van der Waals surface area contributed by atoms with Crippen LogP contribution >= 0.6 is 11.8 Å². The van der Waals surface area contributed by atoms with Crippen molar-refractivity contribution >= 4 is 27.7 Å². The van der Waals surface area contributed by atoms with E-state index in [0.717, 1.165) is 37.1 Å². The Balaban J connectivity index is 1.74. The molecule has 150 valence electrons. The molecular formula is C18H25FN2O4S2. The average Bonchev–Trinajstić information content (AvgIpc) is 3.10. The van der Waals surface area contributed by atoms with Gasteiger partial charge in [-0.2, -0.15) is 16.1 Å². The van der Waals surface area contributed by atoms with E-state index in [1.54, 1.807) is 0 Å². The van der Waals surface area contributed by atoms with Crippen molar-refractivity contribution < 1.29 is 22.3 Å². The molecule has 2 atom stereocenters. The number of amides is 1. The molecule has 1 N–H and O–H groups in total. The van der Waals surface area contributed by atoms with Gasteiger partial charge < -0.3 is 10.1 Å². The first kappa shape index (κ1) is 20.6. The molecule has 6 nitrogen and oxygen atoms in total. The smallest absolute Gasteiger partial charge is 0.254 e. The van der Waals surface area contributed by atoms with Gasteiger partial charge in [0.25, 0.3) is 5.91 Å². The third-order valence-electron chi connectivity index (χ3n) is 4.91. The summed E-state index contributed by atoms with van der Waals surface area (Å²) in [4.78, 5) is 12.5. The highest BCUT2D eigenvalue weighted by atomic mass is 32.2. The maximum atomic E-state index is 14.2. The summed E-state index contributed by atoms with van der Waals surface area (Å²) in [7, 11) is -3.77. The average molecular weight is 417 g/mol. The Labute approximate surface area is 163 Å². The fourth-order valence-electron chi connectivity index (χ4n) is 3.50. The van der Waals surface area contributed by atoms with E-state index < -0.39 is 21.7 Å². The van der Waals surface area contributed by atoms with E-state index in [-0.39, 0.29) is 29.6 Å². The molecule has 2 fully saturated rings. The van der Waals surface area contributed by atoms with Gasteiger partial charge in [0.05, 0.1) is 23.7 Å². The van der Waals surface area contributed by atoms with Crippen molar-refractivity contribution in [3.8, 4) is 0 Å². The first-order valence-corrected chi connectivity index (χ1v) is 11.7. The standard InChI is InChI=1S/C18H25FN2O4S2/c1-2-26-14-4-3-13(11-14)20-18(22)16-12-15(5-6-17(16)19)27(23,24)21-7-9-25-10-8-21/h5-6,12-14H,2-4,7-11H2,1H3,(H,20,22)/t13-,14+/m1/s1. The van der Waals surface area contributed by atoms with Gasteiger partial charge in [0.15, 0.2) is 0 Å². The molecule has 1 heterocycles. The number of nitrogens with one attached hydrogen (secondary N) is 1. The molecule has 27 heavy (non-hydrogen) atoms.